The molecule has 0 aliphatic carbocycles. The molecule has 5 nitrogen and oxygen atoms in total. The van der Waals surface area contributed by atoms with Crippen molar-refractivity contribution < 1.29 is 8.42 Å². The van der Waals surface area contributed by atoms with Gasteiger partial charge in [0.1, 0.15) is 11.2 Å². The SMILES string of the molecule is O=S1(=O)N=CN(CC2CCNC2)c2ccccc21. The van der Waals surface area contributed by atoms with Crippen LogP contribution in [0.2, 0.25) is 0 Å². The van der Waals surface area contributed by atoms with Crippen LogP contribution in [0, 0.1) is 5.92 Å². The van der Waals surface area contributed by atoms with Crippen LogP contribution in [0.3, 0.4) is 0 Å². The summed E-state index contributed by atoms with van der Waals surface area (Å²) < 4.78 is 27.3. The lowest BCUT2D eigenvalue weighted by Crippen LogP contribution is -2.32. The number of nitrogens with zero attached hydrogens (tertiary/aromatic N) is 2. The standard InChI is InChI=1S/C12H15N3O2S/c16-18(17)12-4-2-1-3-11(12)15(9-14-18)8-10-5-6-13-7-10/h1-4,9-10,13H,5-8H2. The monoisotopic (exact) mass is 265 g/mol. The van der Waals surface area contributed by atoms with Crippen molar-refractivity contribution in [2.75, 3.05) is 24.5 Å². The minimum absolute atomic E-state index is 0.304. The topological polar surface area (TPSA) is 61.8 Å². The quantitative estimate of drug-likeness (QED) is 0.860. The molecule has 2 aliphatic rings. The summed E-state index contributed by atoms with van der Waals surface area (Å²) in [4.78, 5) is 2.24. The molecule has 1 aromatic carbocycles. The number of hydrogen-bond donors (Lipinski definition) is 1. The van der Waals surface area contributed by atoms with E-state index in [1.807, 2.05) is 17.0 Å². The van der Waals surface area contributed by atoms with Crippen LogP contribution >= 0.6 is 0 Å². The molecule has 0 radical (unpaired) electrons. The summed E-state index contributed by atoms with van der Waals surface area (Å²) in [6, 6.07) is 7.03. The Morgan fingerprint density at radius 1 is 1.39 bits per heavy atom. The molecule has 0 spiro atoms. The molecule has 18 heavy (non-hydrogen) atoms. The fourth-order valence-corrected chi connectivity index (χ4v) is 3.50. The molecule has 0 saturated carbocycles. The van der Waals surface area contributed by atoms with E-state index in [1.165, 1.54) is 6.34 Å². The third-order valence-corrected chi connectivity index (χ3v) is 4.67. The number of rotatable bonds is 2. The fraction of sp³-hybridized carbons (Fsp3) is 0.417. The third-order valence-electron chi connectivity index (χ3n) is 3.40. The second-order valence-corrected chi connectivity index (χ2v) is 6.28. The largest absolute Gasteiger partial charge is 0.330 e. The van der Waals surface area contributed by atoms with Gasteiger partial charge in [0, 0.05) is 6.54 Å². The molecule has 0 amide bonds. The zero-order chi connectivity index (χ0) is 12.6. The van der Waals surface area contributed by atoms with Gasteiger partial charge in [-0.25, -0.2) is 0 Å². The number of fused-ring (bicyclic) bond motifs is 1. The molecule has 2 aliphatic heterocycles. The molecule has 6 heteroatoms. The third kappa shape index (κ3) is 2.02. The van der Waals surface area contributed by atoms with E-state index in [-0.39, 0.29) is 0 Å². The highest BCUT2D eigenvalue weighted by Crippen LogP contribution is 2.30. The number of sulfonamides is 1. The van der Waals surface area contributed by atoms with E-state index >= 15 is 0 Å². The van der Waals surface area contributed by atoms with E-state index in [9.17, 15) is 8.42 Å². The van der Waals surface area contributed by atoms with E-state index in [2.05, 4.69) is 9.71 Å². The average molecular weight is 265 g/mol. The molecular formula is C12H15N3O2S. The first kappa shape index (κ1) is 11.7. The smallest absolute Gasteiger partial charge is 0.285 e. The molecule has 1 saturated heterocycles. The van der Waals surface area contributed by atoms with Gasteiger partial charge in [0.25, 0.3) is 10.0 Å². The Hall–Kier alpha value is -1.40. The van der Waals surface area contributed by atoms with Crippen molar-refractivity contribution in [3.8, 4) is 0 Å². The van der Waals surface area contributed by atoms with Gasteiger partial charge < -0.3 is 10.2 Å². The Morgan fingerprint density at radius 3 is 3.00 bits per heavy atom. The van der Waals surface area contributed by atoms with Crippen molar-refractivity contribution in [2.24, 2.45) is 10.3 Å². The normalized spacial score (nSPS) is 25.1. The molecule has 3 rings (SSSR count). The molecule has 1 fully saturated rings. The van der Waals surface area contributed by atoms with Gasteiger partial charge in [-0.3, -0.25) is 0 Å². The minimum atomic E-state index is -3.50. The van der Waals surface area contributed by atoms with Crippen LogP contribution in [0.1, 0.15) is 6.42 Å². The first-order valence-electron chi connectivity index (χ1n) is 6.04. The van der Waals surface area contributed by atoms with Gasteiger partial charge in [-0.1, -0.05) is 12.1 Å². The lowest BCUT2D eigenvalue weighted by Gasteiger charge is -2.27. The molecular weight excluding hydrogens is 250 g/mol. The van der Waals surface area contributed by atoms with Gasteiger partial charge in [0.2, 0.25) is 0 Å². The van der Waals surface area contributed by atoms with Crippen LogP contribution < -0.4 is 10.2 Å². The zero-order valence-corrected chi connectivity index (χ0v) is 10.7. The maximum atomic E-state index is 11.8. The highest BCUT2D eigenvalue weighted by molar-refractivity contribution is 7.90. The number of anilines is 1. The second-order valence-electron chi connectivity index (χ2n) is 4.67. The minimum Gasteiger partial charge on any atom is -0.330 e. The molecule has 1 N–H and O–H groups in total. The Bertz CT molecular complexity index is 577. The highest BCUT2D eigenvalue weighted by atomic mass is 32.2. The lowest BCUT2D eigenvalue weighted by atomic mass is 10.1. The average Bonchev–Trinajstić information content (AvgIpc) is 2.86. The van der Waals surface area contributed by atoms with Crippen molar-refractivity contribution in [3.05, 3.63) is 24.3 Å². The van der Waals surface area contributed by atoms with Crippen LogP contribution in [0.25, 0.3) is 0 Å². The lowest BCUT2D eigenvalue weighted by molar-refractivity contribution is 0.584. The summed E-state index contributed by atoms with van der Waals surface area (Å²) in [6.07, 6.45) is 2.56. The van der Waals surface area contributed by atoms with Gasteiger partial charge in [-0.15, -0.1) is 4.40 Å². The fourth-order valence-electron chi connectivity index (χ4n) is 2.44. The van der Waals surface area contributed by atoms with E-state index in [0.717, 1.165) is 31.7 Å². The van der Waals surface area contributed by atoms with E-state index < -0.39 is 10.0 Å². The van der Waals surface area contributed by atoms with Gasteiger partial charge >= 0.3 is 0 Å². The predicted octanol–water partition coefficient (Wildman–Crippen LogP) is 0.833. The maximum absolute atomic E-state index is 11.8. The number of para-hydroxylation sites is 1. The Balaban J connectivity index is 1.93. The molecule has 1 atom stereocenters. The van der Waals surface area contributed by atoms with Crippen molar-refractivity contribution >= 4 is 22.0 Å². The van der Waals surface area contributed by atoms with Crippen LogP contribution in [0.4, 0.5) is 5.69 Å². The number of nitrogens with one attached hydrogen (secondary N) is 1. The molecule has 1 unspecified atom stereocenters. The predicted molar refractivity (Wildman–Crippen MR) is 70.4 cm³/mol. The molecule has 96 valence electrons. The zero-order valence-electron chi connectivity index (χ0n) is 9.91. The highest BCUT2D eigenvalue weighted by Gasteiger charge is 2.27. The summed E-state index contributed by atoms with van der Waals surface area (Å²) in [5.41, 5.74) is 0.736. The van der Waals surface area contributed by atoms with E-state index in [1.54, 1.807) is 12.1 Å². The summed E-state index contributed by atoms with van der Waals surface area (Å²) >= 11 is 0. The Morgan fingerprint density at radius 2 is 2.22 bits per heavy atom. The van der Waals surface area contributed by atoms with Gasteiger partial charge in [0.15, 0.2) is 0 Å². The van der Waals surface area contributed by atoms with Crippen molar-refractivity contribution in [1.82, 2.24) is 5.32 Å². The molecule has 1 aromatic rings. The first-order chi connectivity index (χ1) is 8.67. The van der Waals surface area contributed by atoms with E-state index in [0.29, 0.717) is 10.8 Å². The van der Waals surface area contributed by atoms with Gasteiger partial charge in [-0.05, 0) is 37.6 Å². The second kappa shape index (κ2) is 4.37. The summed E-state index contributed by atoms with van der Waals surface area (Å²) in [5, 5.41) is 3.31. The molecule has 0 aromatic heterocycles. The first-order valence-corrected chi connectivity index (χ1v) is 7.48. The van der Waals surface area contributed by atoms with Crippen molar-refractivity contribution in [3.63, 3.8) is 0 Å². The number of hydrogen-bond acceptors (Lipinski definition) is 4. The Labute approximate surface area is 107 Å². The number of benzene rings is 1. The van der Waals surface area contributed by atoms with E-state index in [4.69, 9.17) is 0 Å². The summed E-state index contributed by atoms with van der Waals surface area (Å²) in [6.45, 7) is 2.83. The molecule has 2 heterocycles. The van der Waals surface area contributed by atoms with Crippen LogP contribution in [-0.2, 0) is 10.0 Å². The van der Waals surface area contributed by atoms with Crippen LogP contribution in [0.15, 0.2) is 33.6 Å². The maximum Gasteiger partial charge on any atom is 0.285 e. The van der Waals surface area contributed by atoms with Crippen LogP contribution in [0.5, 0.6) is 0 Å². The van der Waals surface area contributed by atoms with Crippen LogP contribution in [-0.4, -0.2) is 34.4 Å². The van der Waals surface area contributed by atoms with Gasteiger partial charge in [0.05, 0.1) is 5.69 Å². The van der Waals surface area contributed by atoms with Gasteiger partial charge in [-0.2, -0.15) is 8.42 Å². The van der Waals surface area contributed by atoms with Crippen molar-refractivity contribution in [2.45, 2.75) is 11.3 Å². The summed E-state index contributed by atoms with van der Waals surface area (Å²) in [7, 11) is -3.50. The molecule has 0 bridgehead atoms. The van der Waals surface area contributed by atoms with Crippen molar-refractivity contribution in [1.29, 1.82) is 0 Å². The summed E-state index contributed by atoms with van der Waals surface area (Å²) in [5.74, 6) is 0.547. The Kier molecular flexibility index (Phi) is 2.83.